The Labute approximate surface area is 51.8 Å². The van der Waals surface area contributed by atoms with Gasteiger partial charge in [-0.15, -0.1) is 0 Å². The van der Waals surface area contributed by atoms with Crippen molar-refractivity contribution in [2.45, 2.75) is 0 Å². The van der Waals surface area contributed by atoms with E-state index in [1.54, 1.807) is 12.1 Å². The average molecular weight is 126 g/mol. The van der Waals surface area contributed by atoms with Crippen LogP contribution in [-0.2, 0) is 4.79 Å². The van der Waals surface area contributed by atoms with Gasteiger partial charge in [-0.2, -0.15) is 0 Å². The highest BCUT2D eigenvalue weighted by Crippen LogP contribution is 2.03. The van der Waals surface area contributed by atoms with E-state index in [0.29, 0.717) is 12.3 Å². The summed E-state index contributed by atoms with van der Waals surface area (Å²) in [5, 5.41) is 0. The van der Waals surface area contributed by atoms with Crippen molar-refractivity contribution in [1.82, 2.24) is 5.43 Å². The number of nitrogens with one attached hydrogen (secondary N) is 2. The van der Waals surface area contributed by atoms with Gasteiger partial charge < -0.3 is 4.42 Å². The van der Waals surface area contributed by atoms with Crippen LogP contribution in [0.4, 0.5) is 5.88 Å². The van der Waals surface area contributed by atoms with E-state index >= 15 is 0 Å². The molecule has 0 saturated carbocycles. The standard InChI is InChI=1S/C5H6N2O2/c8-4-6-7-5-2-1-3-9-5/h1-4,7H,(H,6,8). The Balaban J connectivity index is 2.38. The number of anilines is 1. The smallest absolute Gasteiger partial charge is 0.225 e. The molecule has 4 heteroatoms. The fourth-order valence-electron chi connectivity index (χ4n) is 0.450. The normalized spacial score (nSPS) is 8.44. The minimum absolute atomic E-state index is 0.516. The van der Waals surface area contributed by atoms with E-state index in [9.17, 15) is 4.79 Å². The molecule has 4 nitrogen and oxygen atoms in total. The van der Waals surface area contributed by atoms with Crippen LogP contribution in [0.1, 0.15) is 0 Å². The zero-order chi connectivity index (χ0) is 6.53. The Hall–Kier alpha value is -1.45. The summed E-state index contributed by atoms with van der Waals surface area (Å²) in [6.07, 6.45) is 2.04. The first kappa shape index (κ1) is 5.68. The molecule has 0 saturated heterocycles. The van der Waals surface area contributed by atoms with E-state index in [4.69, 9.17) is 4.42 Å². The maximum absolute atomic E-state index is 9.68. The van der Waals surface area contributed by atoms with Crippen molar-refractivity contribution in [2.75, 3.05) is 5.43 Å². The lowest BCUT2D eigenvalue weighted by atomic mass is 10.6. The van der Waals surface area contributed by atoms with Crippen LogP contribution in [0.5, 0.6) is 0 Å². The second kappa shape index (κ2) is 2.76. The molecule has 0 spiro atoms. The third kappa shape index (κ3) is 1.49. The summed E-state index contributed by atoms with van der Waals surface area (Å²) < 4.78 is 4.80. The Bertz CT molecular complexity index is 171. The molecule has 9 heavy (non-hydrogen) atoms. The molecule has 0 aliphatic rings. The highest BCUT2D eigenvalue weighted by molar-refractivity contribution is 5.49. The van der Waals surface area contributed by atoms with Gasteiger partial charge in [0.15, 0.2) is 0 Å². The fraction of sp³-hybridized carbons (Fsp3) is 0. The number of carbonyl (C=O) groups is 1. The molecule has 1 rings (SSSR count). The maximum Gasteiger partial charge on any atom is 0.225 e. The highest BCUT2D eigenvalue weighted by atomic mass is 16.3. The SMILES string of the molecule is O=CNNc1ccco1. The molecule has 0 atom stereocenters. The predicted octanol–water partition coefficient (Wildman–Crippen LogP) is 0.352. The van der Waals surface area contributed by atoms with E-state index in [1.165, 1.54) is 6.26 Å². The van der Waals surface area contributed by atoms with Crippen molar-refractivity contribution >= 4 is 12.3 Å². The molecule has 0 aliphatic heterocycles. The van der Waals surface area contributed by atoms with Crippen LogP contribution in [0.25, 0.3) is 0 Å². The summed E-state index contributed by atoms with van der Waals surface area (Å²) in [5.74, 6) is 0.516. The third-order valence-electron chi connectivity index (χ3n) is 0.775. The van der Waals surface area contributed by atoms with Crippen LogP contribution in [0.3, 0.4) is 0 Å². The molecule has 2 N–H and O–H groups in total. The van der Waals surface area contributed by atoms with Gasteiger partial charge in [0, 0.05) is 6.07 Å². The van der Waals surface area contributed by atoms with Crippen molar-refractivity contribution in [3.05, 3.63) is 18.4 Å². The van der Waals surface area contributed by atoms with Crippen molar-refractivity contribution < 1.29 is 9.21 Å². The van der Waals surface area contributed by atoms with Gasteiger partial charge in [0.25, 0.3) is 0 Å². The number of furan rings is 1. The Kier molecular flexibility index (Phi) is 1.74. The van der Waals surface area contributed by atoms with Crippen LogP contribution in [0.2, 0.25) is 0 Å². The van der Waals surface area contributed by atoms with Gasteiger partial charge >= 0.3 is 0 Å². The molecule has 48 valence electrons. The van der Waals surface area contributed by atoms with Crippen LogP contribution in [-0.4, -0.2) is 6.41 Å². The Morgan fingerprint density at radius 2 is 2.56 bits per heavy atom. The van der Waals surface area contributed by atoms with E-state index in [-0.39, 0.29) is 0 Å². The maximum atomic E-state index is 9.68. The van der Waals surface area contributed by atoms with Gasteiger partial charge in [-0.3, -0.25) is 15.6 Å². The molecule has 1 aromatic heterocycles. The summed E-state index contributed by atoms with van der Waals surface area (Å²) in [7, 11) is 0. The first-order valence-corrected chi connectivity index (χ1v) is 2.42. The van der Waals surface area contributed by atoms with Gasteiger partial charge in [0.05, 0.1) is 6.26 Å². The highest BCUT2D eigenvalue weighted by Gasteiger charge is 1.87. The second-order valence-corrected chi connectivity index (χ2v) is 1.36. The van der Waals surface area contributed by atoms with E-state index in [2.05, 4.69) is 10.9 Å². The number of hydrogen-bond donors (Lipinski definition) is 2. The molecule has 0 radical (unpaired) electrons. The molecule has 0 fully saturated rings. The summed E-state index contributed by atoms with van der Waals surface area (Å²) in [6, 6.07) is 3.41. The fourth-order valence-corrected chi connectivity index (χ4v) is 0.450. The van der Waals surface area contributed by atoms with Crippen LogP contribution < -0.4 is 10.9 Å². The van der Waals surface area contributed by atoms with Crippen LogP contribution >= 0.6 is 0 Å². The minimum atomic E-state index is 0.516. The molecule has 0 aliphatic carbocycles. The molecule has 0 aromatic carbocycles. The van der Waals surface area contributed by atoms with Gasteiger partial charge in [-0.25, -0.2) is 0 Å². The average Bonchev–Trinajstić information content (AvgIpc) is 2.34. The summed E-state index contributed by atoms with van der Waals surface area (Å²) >= 11 is 0. The lowest BCUT2D eigenvalue weighted by Gasteiger charge is -1.95. The first-order valence-electron chi connectivity index (χ1n) is 2.42. The molecule has 0 bridgehead atoms. The monoisotopic (exact) mass is 126 g/mol. The first-order chi connectivity index (χ1) is 4.43. The van der Waals surface area contributed by atoms with E-state index < -0.39 is 0 Å². The molecule has 1 amide bonds. The zero-order valence-corrected chi connectivity index (χ0v) is 4.63. The number of carbonyl (C=O) groups excluding carboxylic acids is 1. The molecule has 1 aromatic rings. The van der Waals surface area contributed by atoms with Crippen molar-refractivity contribution in [1.29, 1.82) is 0 Å². The van der Waals surface area contributed by atoms with Crippen molar-refractivity contribution in [3.8, 4) is 0 Å². The van der Waals surface area contributed by atoms with Gasteiger partial charge in [-0.05, 0) is 6.07 Å². The number of hydrazine groups is 1. The van der Waals surface area contributed by atoms with E-state index in [1.807, 2.05) is 0 Å². The van der Waals surface area contributed by atoms with Gasteiger partial charge in [-0.1, -0.05) is 0 Å². The summed E-state index contributed by atoms with van der Waals surface area (Å²) in [6.45, 7) is 0. The van der Waals surface area contributed by atoms with Crippen molar-refractivity contribution in [2.24, 2.45) is 0 Å². The Morgan fingerprint density at radius 3 is 3.11 bits per heavy atom. The third-order valence-corrected chi connectivity index (χ3v) is 0.775. The van der Waals surface area contributed by atoms with Crippen molar-refractivity contribution in [3.63, 3.8) is 0 Å². The number of amides is 1. The second-order valence-electron chi connectivity index (χ2n) is 1.36. The van der Waals surface area contributed by atoms with Gasteiger partial charge in [0.2, 0.25) is 12.3 Å². The topological polar surface area (TPSA) is 54.3 Å². The van der Waals surface area contributed by atoms with Gasteiger partial charge in [0.1, 0.15) is 0 Å². The largest absolute Gasteiger partial charge is 0.447 e. The summed E-state index contributed by atoms with van der Waals surface area (Å²) in [5.41, 5.74) is 4.72. The summed E-state index contributed by atoms with van der Waals surface area (Å²) in [4.78, 5) is 9.68. The van der Waals surface area contributed by atoms with E-state index in [0.717, 1.165) is 0 Å². The molecule has 0 unspecified atom stereocenters. The number of hydrogen-bond acceptors (Lipinski definition) is 3. The lowest BCUT2D eigenvalue weighted by molar-refractivity contribution is -0.109. The lowest BCUT2D eigenvalue weighted by Crippen LogP contribution is -2.18. The quantitative estimate of drug-likeness (QED) is 0.454. The Morgan fingerprint density at radius 1 is 1.67 bits per heavy atom. The molecular weight excluding hydrogens is 120 g/mol. The molecular formula is C5H6N2O2. The zero-order valence-electron chi connectivity index (χ0n) is 4.63. The number of rotatable bonds is 3. The molecule has 1 heterocycles. The predicted molar refractivity (Wildman–Crippen MR) is 31.5 cm³/mol. The van der Waals surface area contributed by atoms with Crippen LogP contribution in [0, 0.1) is 0 Å². The van der Waals surface area contributed by atoms with Crippen LogP contribution in [0.15, 0.2) is 22.8 Å². The minimum Gasteiger partial charge on any atom is -0.447 e.